The number of benzene rings is 3. The fourth-order valence-corrected chi connectivity index (χ4v) is 3.03. The molecule has 1 amide bonds. The largest absolute Gasteiger partial charge is 0.482 e. The number of amides is 1. The molecule has 3 aromatic rings. The monoisotopic (exact) mass is 377 g/mol. The molecule has 28 heavy (non-hydrogen) atoms. The van der Waals surface area contributed by atoms with Gasteiger partial charge in [0.25, 0.3) is 5.91 Å². The molecule has 0 aliphatic carbocycles. The van der Waals surface area contributed by atoms with Crippen LogP contribution in [0.4, 0.5) is 0 Å². The van der Waals surface area contributed by atoms with Crippen molar-refractivity contribution in [1.82, 2.24) is 5.32 Å². The average molecular weight is 377 g/mol. The minimum absolute atomic E-state index is 0.208. The summed E-state index contributed by atoms with van der Waals surface area (Å²) < 4.78 is 10.4. The van der Waals surface area contributed by atoms with Gasteiger partial charge in [-0.1, -0.05) is 60.7 Å². The summed E-state index contributed by atoms with van der Waals surface area (Å²) in [6, 6.07) is 21.2. The molecular formula is C23H23NO4. The van der Waals surface area contributed by atoms with Gasteiger partial charge in [-0.25, -0.2) is 4.79 Å². The Bertz CT molecular complexity index is 978. The predicted molar refractivity (Wildman–Crippen MR) is 108 cm³/mol. The van der Waals surface area contributed by atoms with Crippen molar-refractivity contribution < 1.29 is 19.1 Å². The van der Waals surface area contributed by atoms with Gasteiger partial charge >= 0.3 is 5.97 Å². The van der Waals surface area contributed by atoms with E-state index in [1.54, 1.807) is 6.07 Å². The number of carbonyl (C=O) groups is 2. The smallest absolute Gasteiger partial charge is 0.344 e. The molecule has 0 fully saturated rings. The summed E-state index contributed by atoms with van der Waals surface area (Å²) >= 11 is 0. The fourth-order valence-electron chi connectivity index (χ4n) is 3.03. The third-order valence-electron chi connectivity index (χ3n) is 4.47. The molecule has 0 saturated carbocycles. The van der Waals surface area contributed by atoms with E-state index < -0.39 is 5.97 Å². The number of aryl methyl sites for hydroxylation is 1. The van der Waals surface area contributed by atoms with Crippen molar-refractivity contribution in [1.29, 1.82) is 0 Å². The summed E-state index contributed by atoms with van der Waals surface area (Å²) in [5.74, 6) is -0.325. The van der Waals surface area contributed by atoms with Crippen LogP contribution in [0.1, 0.15) is 24.1 Å². The second-order valence-corrected chi connectivity index (χ2v) is 6.57. The maximum Gasteiger partial charge on any atom is 0.344 e. The molecule has 0 aromatic heterocycles. The summed E-state index contributed by atoms with van der Waals surface area (Å²) in [5.41, 5.74) is 1.94. The highest BCUT2D eigenvalue weighted by molar-refractivity contribution is 5.87. The zero-order valence-electron chi connectivity index (χ0n) is 16.0. The highest BCUT2D eigenvalue weighted by Crippen LogP contribution is 2.24. The first-order chi connectivity index (χ1) is 13.5. The van der Waals surface area contributed by atoms with Crippen molar-refractivity contribution in [2.75, 3.05) is 13.2 Å². The second-order valence-electron chi connectivity index (χ2n) is 6.57. The van der Waals surface area contributed by atoms with Crippen LogP contribution < -0.4 is 10.1 Å². The average Bonchev–Trinajstić information content (AvgIpc) is 2.71. The Morgan fingerprint density at radius 3 is 2.46 bits per heavy atom. The van der Waals surface area contributed by atoms with Crippen molar-refractivity contribution in [3.05, 3.63) is 77.9 Å². The van der Waals surface area contributed by atoms with Gasteiger partial charge in [0.15, 0.2) is 13.2 Å². The third kappa shape index (κ3) is 4.88. The lowest BCUT2D eigenvalue weighted by atomic mass is 10.00. The van der Waals surface area contributed by atoms with Gasteiger partial charge in [-0.2, -0.15) is 0 Å². The molecule has 5 nitrogen and oxygen atoms in total. The molecule has 0 radical (unpaired) electrons. The van der Waals surface area contributed by atoms with Crippen molar-refractivity contribution in [2.45, 2.75) is 19.9 Å². The van der Waals surface area contributed by atoms with Crippen LogP contribution in [-0.2, 0) is 14.3 Å². The van der Waals surface area contributed by atoms with Crippen LogP contribution in [0.3, 0.4) is 0 Å². The zero-order chi connectivity index (χ0) is 19.9. The van der Waals surface area contributed by atoms with Crippen LogP contribution in [0.15, 0.2) is 66.7 Å². The van der Waals surface area contributed by atoms with Crippen LogP contribution in [-0.4, -0.2) is 25.1 Å². The van der Waals surface area contributed by atoms with Gasteiger partial charge in [-0.3, -0.25) is 4.79 Å². The van der Waals surface area contributed by atoms with E-state index in [0.29, 0.717) is 5.75 Å². The summed E-state index contributed by atoms with van der Waals surface area (Å²) in [7, 11) is 0. The molecule has 0 aliphatic rings. The molecule has 1 atom stereocenters. The standard InChI is InChI=1S/C23H23NO4/c1-16-8-3-6-13-21(16)27-15-23(26)28-14-22(25)24-17(2)19-12-7-10-18-9-4-5-11-20(18)19/h3-13,17H,14-15H2,1-2H3,(H,24,25)/t17-/m1/s1. The highest BCUT2D eigenvalue weighted by atomic mass is 16.6. The molecule has 0 bridgehead atoms. The van der Waals surface area contributed by atoms with Gasteiger partial charge in [0.05, 0.1) is 6.04 Å². The van der Waals surface area contributed by atoms with Crippen LogP contribution in [0.25, 0.3) is 10.8 Å². The SMILES string of the molecule is Cc1ccccc1OCC(=O)OCC(=O)N[C@H](C)c1cccc2ccccc12. The molecule has 0 saturated heterocycles. The Hall–Kier alpha value is -3.34. The van der Waals surface area contributed by atoms with Gasteiger partial charge in [-0.05, 0) is 41.8 Å². The van der Waals surface area contributed by atoms with Gasteiger partial charge < -0.3 is 14.8 Å². The number of nitrogens with one attached hydrogen (secondary N) is 1. The molecule has 144 valence electrons. The van der Waals surface area contributed by atoms with Crippen molar-refractivity contribution >= 4 is 22.6 Å². The zero-order valence-corrected chi connectivity index (χ0v) is 16.0. The number of carbonyl (C=O) groups excluding carboxylic acids is 2. The van der Waals surface area contributed by atoms with Gasteiger partial charge in [0.2, 0.25) is 0 Å². The first-order valence-electron chi connectivity index (χ1n) is 9.15. The molecule has 3 aromatic carbocycles. The van der Waals surface area contributed by atoms with E-state index in [1.165, 1.54) is 0 Å². The Labute approximate surface area is 164 Å². The summed E-state index contributed by atoms with van der Waals surface area (Å²) in [4.78, 5) is 24.0. The molecule has 0 unspecified atom stereocenters. The lowest BCUT2D eigenvalue weighted by Crippen LogP contribution is -2.32. The van der Waals surface area contributed by atoms with Crippen LogP contribution >= 0.6 is 0 Å². The minimum atomic E-state index is -0.587. The third-order valence-corrected chi connectivity index (χ3v) is 4.47. The predicted octanol–water partition coefficient (Wildman–Crippen LogP) is 3.95. The Balaban J connectivity index is 1.49. The maximum absolute atomic E-state index is 12.2. The number of hydrogen-bond donors (Lipinski definition) is 1. The normalized spacial score (nSPS) is 11.6. The van der Waals surface area contributed by atoms with Gasteiger partial charge in [0.1, 0.15) is 5.75 Å². The molecule has 3 rings (SSSR count). The Morgan fingerprint density at radius 1 is 0.929 bits per heavy atom. The van der Waals surface area contributed by atoms with E-state index in [2.05, 4.69) is 5.32 Å². The van der Waals surface area contributed by atoms with Crippen LogP contribution in [0.5, 0.6) is 5.75 Å². The maximum atomic E-state index is 12.2. The van der Waals surface area contributed by atoms with E-state index in [4.69, 9.17) is 9.47 Å². The minimum Gasteiger partial charge on any atom is -0.482 e. The number of esters is 1. The Morgan fingerprint density at radius 2 is 1.64 bits per heavy atom. The highest BCUT2D eigenvalue weighted by Gasteiger charge is 2.14. The van der Waals surface area contributed by atoms with Crippen molar-refractivity contribution in [2.24, 2.45) is 0 Å². The van der Waals surface area contributed by atoms with Crippen molar-refractivity contribution in [3.8, 4) is 5.75 Å². The van der Waals surface area contributed by atoms with E-state index in [9.17, 15) is 9.59 Å². The molecule has 0 aliphatic heterocycles. The molecular weight excluding hydrogens is 354 g/mol. The lowest BCUT2D eigenvalue weighted by Gasteiger charge is -2.16. The topological polar surface area (TPSA) is 64.6 Å². The fraction of sp³-hybridized carbons (Fsp3) is 0.217. The lowest BCUT2D eigenvalue weighted by molar-refractivity contribution is -0.150. The van der Waals surface area contributed by atoms with E-state index in [0.717, 1.165) is 21.9 Å². The Kier molecular flexibility index (Phi) is 6.27. The van der Waals surface area contributed by atoms with Crippen LogP contribution in [0.2, 0.25) is 0 Å². The van der Waals surface area contributed by atoms with Gasteiger partial charge in [-0.15, -0.1) is 0 Å². The summed E-state index contributed by atoms with van der Waals surface area (Å²) in [6.45, 7) is 3.22. The quantitative estimate of drug-likeness (QED) is 0.633. The summed E-state index contributed by atoms with van der Waals surface area (Å²) in [6.07, 6.45) is 0. The van der Waals surface area contributed by atoms with E-state index >= 15 is 0 Å². The number of para-hydroxylation sites is 1. The first-order valence-corrected chi connectivity index (χ1v) is 9.15. The molecule has 1 N–H and O–H groups in total. The number of fused-ring (bicyclic) bond motifs is 1. The molecule has 0 heterocycles. The molecule has 5 heteroatoms. The number of hydrogen-bond acceptors (Lipinski definition) is 4. The van der Waals surface area contributed by atoms with E-state index in [-0.39, 0.29) is 25.2 Å². The number of ether oxygens (including phenoxy) is 2. The first kappa shape index (κ1) is 19.4. The summed E-state index contributed by atoms with van der Waals surface area (Å²) in [5, 5.41) is 5.07. The number of rotatable bonds is 7. The van der Waals surface area contributed by atoms with E-state index in [1.807, 2.05) is 74.5 Å². The van der Waals surface area contributed by atoms with Gasteiger partial charge in [0, 0.05) is 0 Å². The van der Waals surface area contributed by atoms with Crippen molar-refractivity contribution in [3.63, 3.8) is 0 Å². The second kappa shape index (κ2) is 9.04. The van der Waals surface area contributed by atoms with Crippen LogP contribution in [0, 0.1) is 6.92 Å². The molecule has 0 spiro atoms.